The fourth-order valence-electron chi connectivity index (χ4n) is 4.09. The number of rotatable bonds is 23. The lowest BCUT2D eigenvalue weighted by molar-refractivity contribution is -0.135. The van der Waals surface area contributed by atoms with Gasteiger partial charge in [0.15, 0.2) is 5.96 Å². The Balaban J connectivity index is 5.44. The number of nitrogens with two attached hydrogens (primary N) is 6. The van der Waals surface area contributed by atoms with Gasteiger partial charge in [-0.25, -0.2) is 0 Å². The molecule has 0 saturated heterocycles. The van der Waals surface area contributed by atoms with E-state index in [9.17, 15) is 24.0 Å². The van der Waals surface area contributed by atoms with Gasteiger partial charge in [-0.15, -0.1) is 0 Å². The Labute approximate surface area is 254 Å². The molecule has 0 heterocycles. The van der Waals surface area contributed by atoms with Crippen molar-refractivity contribution in [1.29, 1.82) is 0 Å². The Hall–Kier alpha value is -3.50. The summed E-state index contributed by atoms with van der Waals surface area (Å²) in [5.41, 5.74) is 33.1. The molecule has 16 N–H and O–H groups in total. The topological polar surface area (TPSA) is 302 Å². The maximum Gasteiger partial charge on any atom is 0.243 e. The molecule has 0 saturated carbocycles. The molecule has 16 heteroatoms. The predicted octanol–water partition coefficient (Wildman–Crippen LogP) is -2.88. The SMILES string of the molecule is CC[C@H](C)[C@H](NC(=O)[C@@H](N)CCCCN)C(=O)N[C@@H](C)C(=O)N[C@@H](CCCCN)C(=O)N[C@@H](CCCN=C(N)N)C(N)=O. The van der Waals surface area contributed by atoms with Crippen LogP contribution in [0.5, 0.6) is 0 Å². The van der Waals surface area contributed by atoms with Crippen LogP contribution in [-0.2, 0) is 24.0 Å². The van der Waals surface area contributed by atoms with Crippen LogP contribution in [0.1, 0.15) is 78.6 Å². The molecule has 0 aromatic rings. The van der Waals surface area contributed by atoms with E-state index in [0.717, 1.165) is 6.42 Å². The molecule has 0 aromatic carbocycles. The van der Waals surface area contributed by atoms with Crippen molar-refractivity contribution in [3.8, 4) is 0 Å². The first kappa shape index (κ1) is 39.5. The van der Waals surface area contributed by atoms with Crippen LogP contribution in [0.2, 0.25) is 0 Å². The number of primary amides is 1. The smallest absolute Gasteiger partial charge is 0.243 e. The highest BCUT2D eigenvalue weighted by Gasteiger charge is 2.31. The molecule has 0 fully saturated rings. The number of guanidine groups is 1. The molecule has 248 valence electrons. The average Bonchev–Trinajstić information content (AvgIpc) is 2.95. The molecule has 5 amide bonds. The quantitative estimate of drug-likeness (QED) is 0.0319. The highest BCUT2D eigenvalue weighted by molar-refractivity contribution is 5.95. The zero-order valence-corrected chi connectivity index (χ0v) is 25.9. The number of unbranched alkanes of at least 4 members (excludes halogenated alkanes) is 2. The van der Waals surface area contributed by atoms with Crippen molar-refractivity contribution >= 4 is 35.5 Å². The standard InChI is InChI=1S/C27H55N11O5/c1-4-16(2)21(38-24(41)18(30)10-5-7-13-28)26(43)35-17(3)23(40)37-20(11-6-8-14-29)25(42)36-19(22(31)39)12-9-15-34-27(32)33/h16-21H,4-15,28-30H2,1-3H3,(H2,31,39)(H,35,43)(H,36,42)(H,37,40)(H,38,41)(H4,32,33,34)/t16-,17-,18-,19-,20-,21-/m0/s1. The molecule has 0 spiro atoms. The second-order valence-electron chi connectivity index (χ2n) is 10.8. The Morgan fingerprint density at radius 2 is 1.23 bits per heavy atom. The van der Waals surface area contributed by atoms with Crippen molar-refractivity contribution in [1.82, 2.24) is 21.3 Å². The summed E-state index contributed by atoms with van der Waals surface area (Å²) in [4.78, 5) is 67.8. The minimum Gasteiger partial charge on any atom is -0.370 e. The second kappa shape index (κ2) is 22.1. The number of hydrogen-bond donors (Lipinski definition) is 10. The van der Waals surface area contributed by atoms with Crippen LogP contribution in [0.3, 0.4) is 0 Å². The van der Waals surface area contributed by atoms with Gasteiger partial charge in [-0.3, -0.25) is 29.0 Å². The number of carbonyl (C=O) groups excluding carboxylic acids is 5. The third-order valence-electron chi connectivity index (χ3n) is 7.04. The van der Waals surface area contributed by atoms with Gasteiger partial charge in [-0.05, 0) is 70.9 Å². The zero-order valence-electron chi connectivity index (χ0n) is 25.9. The molecular formula is C27H55N11O5. The van der Waals surface area contributed by atoms with Crippen LogP contribution in [0, 0.1) is 5.92 Å². The van der Waals surface area contributed by atoms with E-state index in [1.165, 1.54) is 6.92 Å². The van der Waals surface area contributed by atoms with Gasteiger partial charge < -0.3 is 55.7 Å². The van der Waals surface area contributed by atoms with E-state index in [-0.39, 0.29) is 31.3 Å². The minimum atomic E-state index is -1.05. The van der Waals surface area contributed by atoms with E-state index in [1.54, 1.807) is 6.92 Å². The van der Waals surface area contributed by atoms with E-state index in [0.29, 0.717) is 51.6 Å². The first-order chi connectivity index (χ1) is 20.3. The highest BCUT2D eigenvalue weighted by atomic mass is 16.2. The van der Waals surface area contributed by atoms with Gasteiger partial charge in [0.25, 0.3) is 0 Å². The molecular weight excluding hydrogens is 558 g/mol. The first-order valence-corrected chi connectivity index (χ1v) is 15.0. The Morgan fingerprint density at radius 3 is 1.77 bits per heavy atom. The van der Waals surface area contributed by atoms with Crippen LogP contribution < -0.4 is 55.7 Å². The van der Waals surface area contributed by atoms with E-state index in [4.69, 9.17) is 34.4 Å². The lowest BCUT2D eigenvalue weighted by Gasteiger charge is -2.27. The van der Waals surface area contributed by atoms with Crippen LogP contribution in [-0.4, -0.2) is 85.3 Å². The number of carbonyl (C=O) groups is 5. The van der Waals surface area contributed by atoms with Gasteiger partial charge in [0.2, 0.25) is 29.5 Å². The first-order valence-electron chi connectivity index (χ1n) is 15.0. The van der Waals surface area contributed by atoms with Gasteiger partial charge in [-0.2, -0.15) is 0 Å². The Morgan fingerprint density at radius 1 is 0.674 bits per heavy atom. The number of nitrogens with one attached hydrogen (secondary N) is 4. The molecule has 43 heavy (non-hydrogen) atoms. The number of aliphatic imine (C=N–C) groups is 1. The van der Waals surface area contributed by atoms with Crippen molar-refractivity contribution in [2.45, 2.75) is 109 Å². The summed E-state index contributed by atoms with van der Waals surface area (Å²) < 4.78 is 0. The van der Waals surface area contributed by atoms with Crippen molar-refractivity contribution in [2.24, 2.45) is 45.3 Å². The summed E-state index contributed by atoms with van der Waals surface area (Å²) in [5.74, 6) is -3.35. The maximum atomic E-state index is 13.2. The van der Waals surface area contributed by atoms with Gasteiger partial charge in [-0.1, -0.05) is 26.7 Å². The number of amides is 5. The van der Waals surface area contributed by atoms with E-state index < -0.39 is 59.7 Å². The van der Waals surface area contributed by atoms with Gasteiger partial charge in [0, 0.05) is 6.54 Å². The maximum absolute atomic E-state index is 13.2. The summed E-state index contributed by atoms with van der Waals surface area (Å²) >= 11 is 0. The molecule has 0 aliphatic heterocycles. The van der Waals surface area contributed by atoms with Crippen molar-refractivity contribution in [2.75, 3.05) is 19.6 Å². The third-order valence-corrected chi connectivity index (χ3v) is 7.04. The largest absolute Gasteiger partial charge is 0.370 e. The predicted molar refractivity (Wildman–Crippen MR) is 166 cm³/mol. The lowest BCUT2D eigenvalue weighted by Crippen LogP contribution is -2.59. The summed E-state index contributed by atoms with van der Waals surface area (Å²) in [7, 11) is 0. The molecule has 0 rings (SSSR count). The molecule has 0 unspecified atom stereocenters. The number of hydrogen-bond acceptors (Lipinski definition) is 9. The summed E-state index contributed by atoms with van der Waals surface area (Å²) in [6, 6.07) is -4.79. The summed E-state index contributed by atoms with van der Waals surface area (Å²) in [5, 5.41) is 10.6. The molecule has 0 aromatic heterocycles. The van der Waals surface area contributed by atoms with Crippen molar-refractivity contribution < 1.29 is 24.0 Å². The van der Waals surface area contributed by atoms with E-state index in [2.05, 4.69) is 26.3 Å². The Bertz CT molecular complexity index is 914. The molecule has 6 atom stereocenters. The second-order valence-corrected chi connectivity index (χ2v) is 10.8. The fraction of sp³-hybridized carbons (Fsp3) is 0.778. The van der Waals surface area contributed by atoms with E-state index >= 15 is 0 Å². The summed E-state index contributed by atoms with van der Waals surface area (Å²) in [6.45, 7) is 6.27. The molecule has 0 aliphatic rings. The fourth-order valence-corrected chi connectivity index (χ4v) is 4.09. The third kappa shape index (κ3) is 16.7. The van der Waals surface area contributed by atoms with Gasteiger partial charge >= 0.3 is 0 Å². The summed E-state index contributed by atoms with van der Waals surface area (Å²) in [6.07, 6.45) is 4.36. The monoisotopic (exact) mass is 613 g/mol. The van der Waals surface area contributed by atoms with Gasteiger partial charge in [0.1, 0.15) is 24.2 Å². The van der Waals surface area contributed by atoms with Crippen molar-refractivity contribution in [3.05, 3.63) is 0 Å². The van der Waals surface area contributed by atoms with Crippen LogP contribution >= 0.6 is 0 Å². The Kier molecular flexibility index (Phi) is 20.3. The number of nitrogens with zero attached hydrogens (tertiary/aromatic N) is 1. The normalized spacial score (nSPS) is 15.1. The molecule has 0 bridgehead atoms. The molecule has 16 nitrogen and oxygen atoms in total. The highest BCUT2D eigenvalue weighted by Crippen LogP contribution is 2.10. The van der Waals surface area contributed by atoms with Crippen LogP contribution in [0.15, 0.2) is 4.99 Å². The van der Waals surface area contributed by atoms with Crippen LogP contribution in [0.4, 0.5) is 0 Å². The molecule has 0 aliphatic carbocycles. The van der Waals surface area contributed by atoms with Crippen LogP contribution in [0.25, 0.3) is 0 Å². The zero-order chi connectivity index (χ0) is 32.9. The molecule has 0 radical (unpaired) electrons. The van der Waals surface area contributed by atoms with Gasteiger partial charge in [0.05, 0.1) is 6.04 Å². The minimum absolute atomic E-state index is 0.0942. The van der Waals surface area contributed by atoms with E-state index in [1.807, 2.05) is 6.92 Å². The van der Waals surface area contributed by atoms with Crippen molar-refractivity contribution in [3.63, 3.8) is 0 Å². The lowest BCUT2D eigenvalue weighted by atomic mass is 9.97. The average molecular weight is 614 g/mol.